The second-order valence-electron chi connectivity index (χ2n) is 3.88. The average Bonchev–Trinajstić information content (AvgIpc) is 2.36. The SMILES string of the molecule is Cl.FC(F)(F)c1c(Cl)nc(Nc2ccc(Cl)cc2)c(Cl)c1Cl. The number of halogens is 8. The van der Waals surface area contributed by atoms with Gasteiger partial charge in [-0.25, -0.2) is 4.98 Å². The Morgan fingerprint density at radius 2 is 1.45 bits per heavy atom. The highest BCUT2D eigenvalue weighted by atomic mass is 35.5. The van der Waals surface area contributed by atoms with Crippen molar-refractivity contribution < 1.29 is 13.2 Å². The number of alkyl halides is 3. The van der Waals surface area contributed by atoms with Crippen molar-refractivity contribution in [2.75, 3.05) is 5.32 Å². The minimum Gasteiger partial charge on any atom is -0.339 e. The topological polar surface area (TPSA) is 24.9 Å². The molecule has 2 rings (SSSR count). The molecule has 0 aliphatic carbocycles. The molecule has 10 heteroatoms. The molecule has 0 atom stereocenters. The Hall–Kier alpha value is -0.590. The van der Waals surface area contributed by atoms with E-state index in [0.29, 0.717) is 10.7 Å². The molecule has 2 aromatic rings. The maximum absolute atomic E-state index is 12.8. The monoisotopic (exact) mass is 410 g/mol. The molecular formula is C12H6Cl5F3N2. The van der Waals surface area contributed by atoms with Crippen LogP contribution in [0.3, 0.4) is 0 Å². The van der Waals surface area contributed by atoms with Crippen LogP contribution >= 0.6 is 58.8 Å². The first-order valence-corrected chi connectivity index (χ1v) is 6.85. The van der Waals surface area contributed by atoms with E-state index in [-0.39, 0.29) is 23.2 Å². The number of pyridine rings is 1. The summed E-state index contributed by atoms with van der Waals surface area (Å²) < 4.78 is 38.4. The third-order valence-corrected chi connectivity index (χ3v) is 3.79. The molecule has 22 heavy (non-hydrogen) atoms. The van der Waals surface area contributed by atoms with E-state index in [2.05, 4.69) is 10.3 Å². The highest BCUT2D eigenvalue weighted by Crippen LogP contribution is 2.44. The van der Waals surface area contributed by atoms with Crippen molar-refractivity contribution in [1.82, 2.24) is 4.98 Å². The maximum Gasteiger partial charge on any atom is 0.420 e. The number of anilines is 2. The summed E-state index contributed by atoms with van der Waals surface area (Å²) in [5.74, 6) is -0.0815. The molecule has 0 saturated heterocycles. The Bertz CT molecular complexity index is 674. The lowest BCUT2D eigenvalue weighted by Crippen LogP contribution is -2.10. The van der Waals surface area contributed by atoms with Gasteiger partial charge in [-0.1, -0.05) is 46.4 Å². The molecule has 1 N–H and O–H groups in total. The second kappa shape index (κ2) is 7.32. The Kier molecular flexibility index (Phi) is 6.47. The van der Waals surface area contributed by atoms with Gasteiger partial charge < -0.3 is 5.32 Å². The summed E-state index contributed by atoms with van der Waals surface area (Å²) in [5, 5.41) is 1.36. The predicted octanol–water partition coefficient (Wildman–Crippen LogP) is 6.88. The van der Waals surface area contributed by atoms with Crippen LogP contribution in [0.15, 0.2) is 24.3 Å². The van der Waals surface area contributed by atoms with Crippen LogP contribution in [0.2, 0.25) is 20.2 Å². The maximum atomic E-state index is 12.8. The van der Waals surface area contributed by atoms with E-state index in [9.17, 15) is 13.2 Å². The molecular weight excluding hydrogens is 406 g/mol. The zero-order valence-corrected chi connectivity index (χ0v) is 14.2. The summed E-state index contributed by atoms with van der Waals surface area (Å²) in [6.45, 7) is 0. The second-order valence-corrected chi connectivity index (χ2v) is 5.43. The van der Waals surface area contributed by atoms with Gasteiger partial charge in [0.05, 0.1) is 5.02 Å². The van der Waals surface area contributed by atoms with Crippen LogP contribution in [0.5, 0.6) is 0 Å². The van der Waals surface area contributed by atoms with Crippen molar-refractivity contribution in [3.63, 3.8) is 0 Å². The summed E-state index contributed by atoms with van der Waals surface area (Å²) in [6, 6.07) is 6.37. The van der Waals surface area contributed by atoms with Crippen molar-refractivity contribution in [3.05, 3.63) is 50.0 Å². The zero-order valence-electron chi connectivity index (χ0n) is 10.3. The number of nitrogens with one attached hydrogen (secondary N) is 1. The highest BCUT2D eigenvalue weighted by Gasteiger charge is 2.38. The van der Waals surface area contributed by atoms with E-state index in [1.165, 1.54) is 0 Å². The summed E-state index contributed by atoms with van der Waals surface area (Å²) in [6.07, 6.45) is -4.75. The molecule has 0 spiro atoms. The van der Waals surface area contributed by atoms with Crippen LogP contribution in [0, 0.1) is 0 Å². The predicted molar refractivity (Wildman–Crippen MR) is 86.3 cm³/mol. The highest BCUT2D eigenvalue weighted by molar-refractivity contribution is 6.45. The number of rotatable bonds is 2. The van der Waals surface area contributed by atoms with Crippen molar-refractivity contribution in [3.8, 4) is 0 Å². The summed E-state index contributed by atoms with van der Waals surface area (Å²) >= 11 is 22.7. The smallest absolute Gasteiger partial charge is 0.339 e. The number of nitrogens with zero attached hydrogens (tertiary/aromatic N) is 1. The molecule has 1 aromatic carbocycles. The van der Waals surface area contributed by atoms with Gasteiger partial charge in [-0.2, -0.15) is 13.2 Å². The fourth-order valence-corrected chi connectivity index (χ4v) is 2.43. The van der Waals surface area contributed by atoms with Crippen molar-refractivity contribution in [2.24, 2.45) is 0 Å². The zero-order chi connectivity index (χ0) is 15.8. The van der Waals surface area contributed by atoms with Gasteiger partial charge in [0.15, 0.2) is 5.82 Å². The number of aromatic nitrogens is 1. The summed E-state index contributed by atoms with van der Waals surface area (Å²) in [4.78, 5) is 3.60. The van der Waals surface area contributed by atoms with Crippen LogP contribution in [0.1, 0.15) is 5.56 Å². The van der Waals surface area contributed by atoms with E-state index in [0.717, 1.165) is 0 Å². The van der Waals surface area contributed by atoms with E-state index in [4.69, 9.17) is 46.4 Å². The minimum absolute atomic E-state index is 0. The molecule has 0 amide bonds. The van der Waals surface area contributed by atoms with Gasteiger partial charge in [0.1, 0.15) is 15.7 Å². The number of hydrogen-bond donors (Lipinski definition) is 1. The number of benzene rings is 1. The first-order valence-electron chi connectivity index (χ1n) is 5.34. The Labute approximate surface area is 149 Å². The molecule has 0 aliphatic rings. The molecule has 0 radical (unpaired) electrons. The fourth-order valence-electron chi connectivity index (χ4n) is 1.50. The minimum atomic E-state index is -4.75. The molecule has 0 saturated carbocycles. The molecule has 1 heterocycles. The Morgan fingerprint density at radius 3 is 1.95 bits per heavy atom. The first-order chi connectivity index (χ1) is 9.70. The lowest BCUT2D eigenvalue weighted by atomic mass is 10.2. The van der Waals surface area contributed by atoms with Gasteiger partial charge >= 0.3 is 6.18 Å². The van der Waals surface area contributed by atoms with Crippen molar-refractivity contribution in [2.45, 2.75) is 6.18 Å². The van der Waals surface area contributed by atoms with Gasteiger partial charge in [-0.05, 0) is 24.3 Å². The van der Waals surface area contributed by atoms with Gasteiger partial charge in [-0.15, -0.1) is 12.4 Å². The first kappa shape index (κ1) is 19.5. The molecule has 0 fully saturated rings. The molecule has 2 nitrogen and oxygen atoms in total. The summed E-state index contributed by atoms with van der Waals surface area (Å²) in [7, 11) is 0. The van der Waals surface area contributed by atoms with E-state index < -0.39 is 21.9 Å². The van der Waals surface area contributed by atoms with Gasteiger partial charge in [0.2, 0.25) is 0 Å². The molecule has 120 valence electrons. The summed E-state index contributed by atoms with van der Waals surface area (Å²) in [5.41, 5.74) is -0.752. The van der Waals surface area contributed by atoms with Crippen molar-refractivity contribution in [1.29, 1.82) is 0 Å². The third kappa shape index (κ3) is 4.24. The van der Waals surface area contributed by atoms with Crippen LogP contribution in [0.25, 0.3) is 0 Å². The van der Waals surface area contributed by atoms with Crippen LogP contribution in [-0.2, 0) is 6.18 Å². The Balaban J connectivity index is 0.00000242. The molecule has 0 aliphatic heterocycles. The standard InChI is InChI=1S/C12H5Cl4F3N2.ClH/c13-5-1-3-6(4-2-5)20-11-9(15)8(14)7(10(16)21-11)12(17,18)19;/h1-4H,(H,20,21);1H. The van der Waals surface area contributed by atoms with Crippen LogP contribution in [-0.4, -0.2) is 4.98 Å². The van der Waals surface area contributed by atoms with Crippen molar-refractivity contribution >= 4 is 70.3 Å². The molecule has 1 aromatic heterocycles. The van der Waals surface area contributed by atoms with Gasteiger partial charge in [0.25, 0.3) is 0 Å². The van der Waals surface area contributed by atoms with E-state index >= 15 is 0 Å². The quantitative estimate of drug-likeness (QED) is 0.544. The number of hydrogen-bond acceptors (Lipinski definition) is 2. The molecule has 0 unspecified atom stereocenters. The fraction of sp³-hybridized carbons (Fsp3) is 0.0833. The lowest BCUT2D eigenvalue weighted by Gasteiger charge is -2.15. The third-order valence-electron chi connectivity index (χ3n) is 2.43. The molecule has 0 bridgehead atoms. The van der Waals surface area contributed by atoms with E-state index in [1.54, 1.807) is 24.3 Å². The lowest BCUT2D eigenvalue weighted by molar-refractivity contribution is -0.137. The normalized spacial score (nSPS) is 11.0. The van der Waals surface area contributed by atoms with E-state index in [1.807, 2.05) is 0 Å². The largest absolute Gasteiger partial charge is 0.420 e. The van der Waals surface area contributed by atoms with Crippen LogP contribution < -0.4 is 5.32 Å². The van der Waals surface area contributed by atoms with Gasteiger partial charge in [0, 0.05) is 10.7 Å². The van der Waals surface area contributed by atoms with Crippen LogP contribution in [0.4, 0.5) is 24.7 Å². The van der Waals surface area contributed by atoms with Gasteiger partial charge in [-0.3, -0.25) is 0 Å². The average molecular weight is 412 g/mol. The Morgan fingerprint density at radius 1 is 0.909 bits per heavy atom.